The fraction of sp³-hybridized carbons (Fsp3) is 0.696. The van der Waals surface area contributed by atoms with E-state index in [1.807, 2.05) is 6.92 Å². The molecule has 2 N–H and O–H groups in total. The third-order valence-electron chi connectivity index (χ3n) is 5.82. The van der Waals surface area contributed by atoms with Crippen LogP contribution in [0.4, 0.5) is 5.69 Å². The maximum absolute atomic E-state index is 11.5. The Morgan fingerprint density at radius 3 is 2.35 bits per heavy atom. The second-order valence-electron chi connectivity index (χ2n) is 8.64. The number of hydrogen-bond acceptors (Lipinski definition) is 2. The number of nitrogens with two attached hydrogens (primary N) is 1. The first kappa shape index (κ1) is 20.8. The van der Waals surface area contributed by atoms with Crippen LogP contribution in [0, 0.1) is 17.8 Å². The van der Waals surface area contributed by atoms with Gasteiger partial charge in [-0.15, -0.1) is 0 Å². The van der Waals surface area contributed by atoms with Gasteiger partial charge in [-0.05, 0) is 48.8 Å². The van der Waals surface area contributed by atoms with Crippen molar-refractivity contribution in [1.29, 1.82) is 0 Å². The number of anilines is 1. The average molecular weight is 359 g/mol. The summed E-state index contributed by atoms with van der Waals surface area (Å²) in [6.45, 7) is 8.07. The molecule has 0 aromatic heterocycles. The lowest BCUT2D eigenvalue weighted by Gasteiger charge is -2.28. The fourth-order valence-corrected chi connectivity index (χ4v) is 3.88. The first-order chi connectivity index (χ1) is 12.5. The minimum atomic E-state index is -0.219. The van der Waals surface area contributed by atoms with Crippen LogP contribution in [-0.4, -0.2) is 19.0 Å². The van der Waals surface area contributed by atoms with Crippen molar-refractivity contribution in [2.45, 2.75) is 72.1 Å². The molecular formula is C23H38N2O. The normalized spacial score (nSPS) is 16.6. The summed E-state index contributed by atoms with van der Waals surface area (Å²) in [5.41, 5.74) is 8.13. The van der Waals surface area contributed by atoms with E-state index < -0.39 is 0 Å². The fourth-order valence-electron chi connectivity index (χ4n) is 3.88. The summed E-state index contributed by atoms with van der Waals surface area (Å²) in [7, 11) is 0. The van der Waals surface area contributed by atoms with Crippen LogP contribution in [0.5, 0.6) is 0 Å². The van der Waals surface area contributed by atoms with Gasteiger partial charge < -0.3 is 10.6 Å². The SMILES string of the molecule is CC(C)CCN(CC(C)C(N)=O)c1ccc(CCC2CCCCC2)cc1. The quantitative estimate of drug-likeness (QED) is 0.627. The van der Waals surface area contributed by atoms with E-state index in [1.165, 1.54) is 56.2 Å². The third kappa shape index (κ3) is 7.01. The molecule has 0 heterocycles. The molecule has 1 unspecified atom stereocenters. The largest absolute Gasteiger partial charge is 0.371 e. The zero-order valence-corrected chi connectivity index (χ0v) is 17.0. The van der Waals surface area contributed by atoms with Gasteiger partial charge in [-0.3, -0.25) is 4.79 Å². The number of carbonyl (C=O) groups excluding carboxylic acids is 1. The summed E-state index contributed by atoms with van der Waals surface area (Å²) in [6, 6.07) is 9.00. The summed E-state index contributed by atoms with van der Waals surface area (Å²) < 4.78 is 0. The Hall–Kier alpha value is -1.51. The Morgan fingerprint density at radius 1 is 1.12 bits per heavy atom. The van der Waals surface area contributed by atoms with E-state index in [-0.39, 0.29) is 11.8 Å². The molecule has 0 spiro atoms. The van der Waals surface area contributed by atoms with E-state index in [1.54, 1.807) is 0 Å². The summed E-state index contributed by atoms with van der Waals surface area (Å²) in [4.78, 5) is 13.8. The molecule has 1 aliphatic rings. The van der Waals surface area contributed by atoms with E-state index in [4.69, 9.17) is 5.73 Å². The molecule has 26 heavy (non-hydrogen) atoms. The monoisotopic (exact) mass is 358 g/mol. The molecule has 146 valence electrons. The minimum Gasteiger partial charge on any atom is -0.371 e. The van der Waals surface area contributed by atoms with Gasteiger partial charge in [-0.25, -0.2) is 0 Å². The molecule has 1 aromatic rings. The van der Waals surface area contributed by atoms with Gasteiger partial charge >= 0.3 is 0 Å². The van der Waals surface area contributed by atoms with Crippen LogP contribution in [0.25, 0.3) is 0 Å². The maximum atomic E-state index is 11.5. The number of nitrogens with zero attached hydrogens (tertiary/aromatic N) is 1. The van der Waals surface area contributed by atoms with Crippen molar-refractivity contribution in [2.75, 3.05) is 18.0 Å². The van der Waals surface area contributed by atoms with E-state index in [2.05, 4.69) is 43.0 Å². The molecule has 3 heteroatoms. The topological polar surface area (TPSA) is 46.3 Å². The zero-order valence-electron chi connectivity index (χ0n) is 17.0. The molecular weight excluding hydrogens is 320 g/mol. The molecule has 0 aliphatic heterocycles. The van der Waals surface area contributed by atoms with Gasteiger partial charge in [0.15, 0.2) is 0 Å². The van der Waals surface area contributed by atoms with Gasteiger partial charge in [0.25, 0.3) is 0 Å². The van der Waals surface area contributed by atoms with Crippen molar-refractivity contribution in [1.82, 2.24) is 0 Å². The molecule has 0 saturated heterocycles. The second kappa shape index (κ2) is 10.6. The number of benzene rings is 1. The van der Waals surface area contributed by atoms with Crippen LogP contribution in [0.1, 0.15) is 71.3 Å². The standard InChI is InChI=1S/C23H38N2O/c1-18(2)15-16-25(17-19(3)23(24)26)22-13-11-21(12-14-22)10-9-20-7-5-4-6-8-20/h11-14,18-20H,4-10,15-17H2,1-3H3,(H2,24,26). The van der Waals surface area contributed by atoms with Gasteiger partial charge in [0.05, 0.1) is 5.92 Å². The lowest BCUT2D eigenvalue weighted by Crippen LogP contribution is -2.35. The number of rotatable bonds is 10. The number of aryl methyl sites for hydroxylation is 1. The van der Waals surface area contributed by atoms with Crippen molar-refractivity contribution in [3.63, 3.8) is 0 Å². The van der Waals surface area contributed by atoms with Crippen LogP contribution in [0.15, 0.2) is 24.3 Å². The Balaban J connectivity index is 1.94. The molecule has 3 nitrogen and oxygen atoms in total. The highest BCUT2D eigenvalue weighted by molar-refractivity contribution is 5.77. The highest BCUT2D eigenvalue weighted by Crippen LogP contribution is 2.28. The predicted molar refractivity (Wildman–Crippen MR) is 111 cm³/mol. The summed E-state index contributed by atoms with van der Waals surface area (Å²) in [5.74, 6) is 1.23. The Bertz CT molecular complexity index is 532. The number of amides is 1. The highest BCUT2D eigenvalue weighted by Gasteiger charge is 2.16. The molecule has 1 saturated carbocycles. The molecule has 1 aliphatic carbocycles. The first-order valence-corrected chi connectivity index (χ1v) is 10.6. The molecule has 1 fully saturated rings. The van der Waals surface area contributed by atoms with Gasteiger partial charge in [0.1, 0.15) is 0 Å². The Morgan fingerprint density at radius 2 is 1.77 bits per heavy atom. The van der Waals surface area contributed by atoms with Crippen LogP contribution in [-0.2, 0) is 11.2 Å². The molecule has 1 amide bonds. The van der Waals surface area contributed by atoms with E-state index in [9.17, 15) is 4.79 Å². The molecule has 0 bridgehead atoms. The minimum absolute atomic E-state index is 0.131. The van der Waals surface area contributed by atoms with Crippen LogP contribution < -0.4 is 10.6 Å². The zero-order chi connectivity index (χ0) is 18.9. The summed E-state index contributed by atoms with van der Waals surface area (Å²) in [5, 5.41) is 0. The van der Waals surface area contributed by atoms with Crippen molar-refractivity contribution in [3.8, 4) is 0 Å². The van der Waals surface area contributed by atoms with Crippen molar-refractivity contribution in [2.24, 2.45) is 23.5 Å². The molecule has 1 atom stereocenters. The number of carbonyl (C=O) groups is 1. The van der Waals surface area contributed by atoms with E-state index >= 15 is 0 Å². The molecule has 1 aromatic carbocycles. The van der Waals surface area contributed by atoms with E-state index in [0.717, 1.165) is 18.9 Å². The van der Waals surface area contributed by atoms with Crippen LogP contribution in [0.3, 0.4) is 0 Å². The van der Waals surface area contributed by atoms with Crippen LogP contribution in [0.2, 0.25) is 0 Å². The first-order valence-electron chi connectivity index (χ1n) is 10.6. The van der Waals surface area contributed by atoms with Crippen molar-refractivity contribution >= 4 is 11.6 Å². The second-order valence-corrected chi connectivity index (χ2v) is 8.64. The van der Waals surface area contributed by atoms with Crippen molar-refractivity contribution in [3.05, 3.63) is 29.8 Å². The Kier molecular flexibility index (Phi) is 8.47. The van der Waals surface area contributed by atoms with Crippen molar-refractivity contribution < 1.29 is 4.79 Å². The van der Waals surface area contributed by atoms with E-state index in [0.29, 0.717) is 12.5 Å². The average Bonchev–Trinajstić information content (AvgIpc) is 2.64. The summed E-state index contributed by atoms with van der Waals surface area (Å²) in [6.07, 6.45) is 10.8. The molecule has 2 rings (SSSR count). The predicted octanol–water partition coefficient (Wildman–Crippen LogP) is 5.17. The lowest BCUT2D eigenvalue weighted by atomic mass is 9.85. The van der Waals surface area contributed by atoms with Gasteiger partial charge in [0, 0.05) is 18.8 Å². The highest BCUT2D eigenvalue weighted by atomic mass is 16.1. The third-order valence-corrected chi connectivity index (χ3v) is 5.82. The van der Waals surface area contributed by atoms with Gasteiger partial charge in [0.2, 0.25) is 5.91 Å². The lowest BCUT2D eigenvalue weighted by molar-refractivity contribution is -0.121. The van der Waals surface area contributed by atoms with Gasteiger partial charge in [-0.2, -0.15) is 0 Å². The summed E-state index contributed by atoms with van der Waals surface area (Å²) >= 11 is 0. The smallest absolute Gasteiger partial charge is 0.222 e. The maximum Gasteiger partial charge on any atom is 0.222 e. The van der Waals surface area contributed by atoms with Crippen LogP contribution >= 0.6 is 0 Å². The Labute approximate surface area is 160 Å². The van der Waals surface area contributed by atoms with Gasteiger partial charge in [-0.1, -0.05) is 65.0 Å². The number of primary amides is 1. The molecule has 0 radical (unpaired) electrons. The number of hydrogen-bond donors (Lipinski definition) is 1.